The van der Waals surface area contributed by atoms with Crippen molar-refractivity contribution in [2.24, 2.45) is 0 Å². The number of carboxylic acid groups (broad SMARTS) is 1. The first-order valence-electron chi connectivity index (χ1n) is 5.03. The average Bonchev–Trinajstić information content (AvgIpc) is 2.18. The molecule has 0 radical (unpaired) electrons. The fraction of sp³-hybridized carbons (Fsp3) is 0.900. The molecule has 0 saturated heterocycles. The van der Waals surface area contributed by atoms with Crippen molar-refractivity contribution in [3.8, 4) is 0 Å². The van der Waals surface area contributed by atoms with E-state index in [0.717, 1.165) is 33.0 Å². The van der Waals surface area contributed by atoms with Gasteiger partial charge < -0.3 is 24.9 Å². The summed E-state index contributed by atoms with van der Waals surface area (Å²) in [5.74, 6) is -1.08. The van der Waals surface area contributed by atoms with Crippen LogP contribution >= 0.6 is 0 Å². The van der Waals surface area contributed by atoms with E-state index in [-0.39, 0.29) is 13.2 Å². The van der Waals surface area contributed by atoms with Gasteiger partial charge in [-0.2, -0.15) is 0 Å². The lowest BCUT2D eigenvalue weighted by atomic mass is 10.5. The second-order valence-electron chi connectivity index (χ2n) is 2.55. The third-order valence-corrected chi connectivity index (χ3v) is 0.797. The third-order valence-electron chi connectivity index (χ3n) is 0.797. The van der Waals surface area contributed by atoms with E-state index in [1.807, 2.05) is 0 Å². The molecule has 5 heteroatoms. The molecule has 0 rings (SSSR count). The highest BCUT2D eigenvalue weighted by atomic mass is 16.5. The van der Waals surface area contributed by atoms with Gasteiger partial charge in [0.25, 0.3) is 0 Å². The van der Waals surface area contributed by atoms with E-state index in [1.54, 1.807) is 0 Å². The Bertz CT molecular complexity index is 96.0. The molecule has 0 fully saturated rings. The summed E-state index contributed by atoms with van der Waals surface area (Å²) in [6.45, 7) is 6.81. The predicted molar refractivity (Wildman–Crippen MR) is 56.3 cm³/mol. The maximum Gasteiger partial charge on any atom is 0.0662 e. The summed E-state index contributed by atoms with van der Waals surface area (Å²) in [6.07, 6.45) is 2.28. The summed E-state index contributed by atoms with van der Waals surface area (Å²) in [7, 11) is 0. The van der Waals surface area contributed by atoms with E-state index in [9.17, 15) is 0 Å². The van der Waals surface area contributed by atoms with Crippen molar-refractivity contribution in [3.05, 3.63) is 0 Å². The molecule has 15 heavy (non-hydrogen) atoms. The molecule has 0 heterocycles. The van der Waals surface area contributed by atoms with Crippen LogP contribution in [0.15, 0.2) is 0 Å². The molecule has 0 bridgehead atoms. The van der Waals surface area contributed by atoms with Crippen LogP contribution in [0.3, 0.4) is 0 Å². The fourth-order valence-corrected chi connectivity index (χ4v) is 0.391. The summed E-state index contributed by atoms with van der Waals surface area (Å²) in [5, 5.41) is 24.1. The number of aliphatic hydroxyl groups excluding tert-OH is 2. The van der Waals surface area contributed by atoms with Gasteiger partial charge in [0.05, 0.1) is 13.2 Å². The topological polar surface area (TPSA) is 89.8 Å². The van der Waals surface area contributed by atoms with E-state index in [4.69, 9.17) is 24.9 Å². The Morgan fingerprint density at radius 2 is 1.40 bits per heavy atom. The van der Waals surface area contributed by atoms with Crippen molar-refractivity contribution in [1.29, 1.82) is 0 Å². The van der Waals surface area contributed by atoms with Crippen LogP contribution in [0.2, 0.25) is 0 Å². The summed E-state index contributed by atoms with van der Waals surface area (Å²) in [6, 6.07) is 0. The van der Waals surface area contributed by atoms with E-state index in [2.05, 4.69) is 13.8 Å². The smallest absolute Gasteiger partial charge is 0.0662 e. The Morgan fingerprint density at radius 3 is 1.53 bits per heavy atom. The molecule has 0 aromatic carbocycles. The minimum Gasteiger partial charge on any atom is -0.550 e. The van der Waals surface area contributed by atoms with Crippen molar-refractivity contribution < 1.29 is 24.9 Å². The number of aliphatic carboxylic acids is 1. The van der Waals surface area contributed by atoms with Gasteiger partial charge in [-0.1, -0.05) is 13.8 Å². The highest BCUT2D eigenvalue weighted by Crippen LogP contribution is 1.81. The molecule has 0 aromatic rings. The molecule has 0 atom stereocenters. The molecular weight excluding hydrogens is 200 g/mol. The first-order valence-corrected chi connectivity index (χ1v) is 5.03. The molecule has 0 amide bonds. The van der Waals surface area contributed by atoms with Crippen molar-refractivity contribution in [2.45, 2.75) is 33.6 Å². The van der Waals surface area contributed by atoms with Gasteiger partial charge in [-0.15, -0.1) is 0 Å². The van der Waals surface area contributed by atoms with Crippen LogP contribution < -0.4 is 5.11 Å². The standard InChI is InChI=1S/C6H14O.C2H4O2.C2H6O2/c1-3-5-7-6-4-2;1-2(3)4;3-1-2-4/h3-6H2,1-2H3;1H3,(H,3,4);3-4H,1-2H2/p-1. The Kier molecular flexibility index (Phi) is 30.8. The Labute approximate surface area is 91.7 Å². The first kappa shape index (κ1) is 19.9. The summed E-state index contributed by atoms with van der Waals surface area (Å²) in [5.41, 5.74) is 0. The minimum absolute atomic E-state index is 0.125. The monoisotopic (exact) mass is 223 g/mol. The normalized spacial score (nSPS) is 8.07. The number of carbonyl (C=O) groups is 1. The average molecular weight is 223 g/mol. The van der Waals surface area contributed by atoms with E-state index in [1.165, 1.54) is 0 Å². The number of carbonyl (C=O) groups excluding carboxylic acids is 1. The van der Waals surface area contributed by atoms with Crippen molar-refractivity contribution in [1.82, 2.24) is 0 Å². The molecule has 5 nitrogen and oxygen atoms in total. The number of rotatable bonds is 5. The van der Waals surface area contributed by atoms with Gasteiger partial charge in [0, 0.05) is 19.2 Å². The summed E-state index contributed by atoms with van der Waals surface area (Å²) in [4.78, 5) is 8.89. The largest absolute Gasteiger partial charge is 0.550 e. The maximum absolute atomic E-state index is 8.89. The highest BCUT2D eigenvalue weighted by Gasteiger charge is 1.77. The summed E-state index contributed by atoms with van der Waals surface area (Å²) >= 11 is 0. The second-order valence-corrected chi connectivity index (χ2v) is 2.55. The number of ether oxygens (including phenoxy) is 1. The third kappa shape index (κ3) is 90.9. The lowest BCUT2D eigenvalue weighted by molar-refractivity contribution is -0.302. The predicted octanol–water partition coefficient (Wildman–Crippen LogP) is -0.450. The maximum atomic E-state index is 8.89. The Morgan fingerprint density at radius 1 is 1.13 bits per heavy atom. The SMILES string of the molecule is CC(=O)[O-].CCCOCCC.OCCO. The molecule has 0 saturated carbocycles. The number of hydrogen-bond acceptors (Lipinski definition) is 5. The summed E-state index contributed by atoms with van der Waals surface area (Å²) < 4.78 is 5.13. The zero-order valence-corrected chi connectivity index (χ0v) is 9.86. The van der Waals surface area contributed by atoms with Gasteiger partial charge in [-0.3, -0.25) is 0 Å². The quantitative estimate of drug-likeness (QED) is 0.616. The Hall–Kier alpha value is -0.650. The highest BCUT2D eigenvalue weighted by molar-refractivity contribution is 5.60. The van der Waals surface area contributed by atoms with Crippen LogP contribution in [0, 0.1) is 0 Å². The molecule has 0 aromatic heterocycles. The van der Waals surface area contributed by atoms with Gasteiger partial charge in [0.15, 0.2) is 0 Å². The first-order chi connectivity index (χ1) is 7.06. The molecular formula is C10H23O5-. The molecule has 0 aliphatic rings. The Balaban J connectivity index is -0.000000155. The van der Waals surface area contributed by atoms with Crippen molar-refractivity contribution in [2.75, 3.05) is 26.4 Å². The van der Waals surface area contributed by atoms with Gasteiger partial charge >= 0.3 is 0 Å². The lowest BCUT2D eigenvalue weighted by Gasteiger charge is -1.95. The van der Waals surface area contributed by atoms with Gasteiger partial charge in [-0.25, -0.2) is 0 Å². The molecule has 0 aliphatic carbocycles. The van der Waals surface area contributed by atoms with Gasteiger partial charge in [0.2, 0.25) is 0 Å². The lowest BCUT2D eigenvalue weighted by Crippen LogP contribution is -2.16. The fourth-order valence-electron chi connectivity index (χ4n) is 0.391. The molecule has 2 N–H and O–H groups in total. The zero-order chi connectivity index (χ0) is 12.5. The number of aliphatic hydroxyl groups is 2. The molecule has 0 unspecified atom stereocenters. The van der Waals surface area contributed by atoms with E-state index < -0.39 is 5.97 Å². The van der Waals surface area contributed by atoms with Crippen LogP contribution in [-0.2, 0) is 9.53 Å². The van der Waals surface area contributed by atoms with Crippen LogP contribution in [-0.4, -0.2) is 42.6 Å². The van der Waals surface area contributed by atoms with Crippen molar-refractivity contribution >= 4 is 5.97 Å². The van der Waals surface area contributed by atoms with Crippen LogP contribution in [0.5, 0.6) is 0 Å². The minimum atomic E-state index is -1.08. The van der Waals surface area contributed by atoms with Gasteiger partial charge in [-0.05, 0) is 19.8 Å². The molecule has 0 aliphatic heterocycles. The number of carboxylic acids is 1. The van der Waals surface area contributed by atoms with E-state index >= 15 is 0 Å². The number of hydrogen-bond donors (Lipinski definition) is 2. The second kappa shape index (κ2) is 23.3. The van der Waals surface area contributed by atoms with Crippen LogP contribution in [0.25, 0.3) is 0 Å². The van der Waals surface area contributed by atoms with Crippen LogP contribution in [0.4, 0.5) is 0 Å². The van der Waals surface area contributed by atoms with Gasteiger partial charge in [0.1, 0.15) is 0 Å². The molecule has 0 spiro atoms. The van der Waals surface area contributed by atoms with Crippen molar-refractivity contribution in [3.63, 3.8) is 0 Å². The zero-order valence-electron chi connectivity index (χ0n) is 9.86. The van der Waals surface area contributed by atoms with E-state index in [0.29, 0.717) is 0 Å². The molecule has 94 valence electrons. The van der Waals surface area contributed by atoms with Crippen LogP contribution in [0.1, 0.15) is 33.6 Å².